The van der Waals surface area contributed by atoms with Gasteiger partial charge in [0.15, 0.2) is 6.04 Å². The number of hydrogen-bond donors (Lipinski definition) is 4. The van der Waals surface area contributed by atoms with Crippen LogP contribution >= 0.6 is 0 Å². The van der Waals surface area contributed by atoms with Crippen LogP contribution < -0.4 is 5.32 Å². The van der Waals surface area contributed by atoms with E-state index in [-0.39, 0.29) is 6.54 Å². The molecule has 0 rings (SSSR count). The molecule has 7 nitrogen and oxygen atoms in total. The molecule has 0 fully saturated rings. The number of nitrogens with one attached hydrogen (secondary N) is 1. The molecule has 17 heavy (non-hydrogen) atoms. The monoisotopic (exact) mass is 248 g/mol. The number of carbonyl (C=O) groups is 2. The lowest BCUT2D eigenvalue weighted by Gasteiger charge is -2.29. The zero-order valence-corrected chi connectivity index (χ0v) is 10.3. The minimum absolute atomic E-state index is 0.0765. The van der Waals surface area contributed by atoms with Gasteiger partial charge in [0, 0.05) is 6.54 Å². The highest BCUT2D eigenvalue weighted by molar-refractivity contribution is 5.82. The molecule has 0 radical (unpaired) electrons. The van der Waals surface area contributed by atoms with E-state index in [0.29, 0.717) is 6.54 Å². The summed E-state index contributed by atoms with van der Waals surface area (Å²) in [6.07, 6.45) is 0. The molecule has 0 aliphatic rings. The van der Waals surface area contributed by atoms with Gasteiger partial charge in [0.1, 0.15) is 0 Å². The van der Waals surface area contributed by atoms with Crippen LogP contribution in [0.4, 0.5) is 4.79 Å². The van der Waals surface area contributed by atoms with Gasteiger partial charge in [-0.15, -0.1) is 0 Å². The van der Waals surface area contributed by atoms with Crippen LogP contribution in [0.1, 0.15) is 20.8 Å². The van der Waals surface area contributed by atoms with Gasteiger partial charge in [-0.25, -0.2) is 9.59 Å². The van der Waals surface area contributed by atoms with E-state index in [1.54, 1.807) is 20.8 Å². The Labute approximate surface area is 100 Å². The van der Waals surface area contributed by atoms with Crippen LogP contribution in [0, 0.1) is 0 Å². The summed E-state index contributed by atoms with van der Waals surface area (Å²) in [6.45, 7) is 4.52. The van der Waals surface area contributed by atoms with Crippen molar-refractivity contribution in [3.05, 3.63) is 0 Å². The van der Waals surface area contributed by atoms with E-state index in [2.05, 4.69) is 5.32 Å². The largest absolute Gasteiger partial charge is 0.480 e. The van der Waals surface area contributed by atoms with Gasteiger partial charge in [-0.05, 0) is 20.8 Å². The fraction of sp³-hybridized carbons (Fsp3) is 0.800. The second-order valence-corrected chi connectivity index (χ2v) is 4.35. The maximum absolute atomic E-state index is 11.7. The maximum Gasteiger partial charge on any atom is 0.328 e. The summed E-state index contributed by atoms with van der Waals surface area (Å²) in [4.78, 5) is 23.5. The third-order valence-corrected chi connectivity index (χ3v) is 2.03. The number of aliphatic carboxylic acids is 1. The molecule has 0 spiro atoms. The predicted molar refractivity (Wildman–Crippen MR) is 60.6 cm³/mol. The van der Waals surface area contributed by atoms with Crippen LogP contribution in [0.3, 0.4) is 0 Å². The first-order valence-electron chi connectivity index (χ1n) is 5.32. The molecule has 0 aromatic rings. The maximum atomic E-state index is 11.7. The number of rotatable bonds is 6. The SMILES string of the molecule is CCN(CC(C)(C)O)C(=O)NC(CO)C(=O)O. The lowest BCUT2D eigenvalue weighted by molar-refractivity contribution is -0.140. The van der Waals surface area contributed by atoms with Crippen LogP contribution in [0.15, 0.2) is 0 Å². The van der Waals surface area contributed by atoms with Crippen LogP contribution in [0.2, 0.25) is 0 Å². The number of aliphatic hydroxyl groups is 2. The summed E-state index contributed by atoms with van der Waals surface area (Å²) >= 11 is 0. The second-order valence-electron chi connectivity index (χ2n) is 4.35. The predicted octanol–water partition coefficient (Wildman–Crippen LogP) is -0.766. The topological polar surface area (TPSA) is 110 Å². The molecule has 100 valence electrons. The summed E-state index contributed by atoms with van der Waals surface area (Å²) in [5.74, 6) is -1.31. The average Bonchev–Trinajstić information content (AvgIpc) is 2.20. The number of urea groups is 1. The summed E-state index contributed by atoms with van der Waals surface area (Å²) in [6, 6.07) is -1.96. The molecule has 0 saturated carbocycles. The first-order chi connectivity index (χ1) is 7.71. The lowest BCUT2D eigenvalue weighted by Crippen LogP contribution is -2.52. The van der Waals surface area contributed by atoms with Gasteiger partial charge in [-0.3, -0.25) is 0 Å². The third-order valence-electron chi connectivity index (χ3n) is 2.03. The number of carboxylic acid groups (broad SMARTS) is 1. The van der Waals surface area contributed by atoms with Crippen LogP contribution in [0.25, 0.3) is 0 Å². The summed E-state index contributed by atoms with van der Waals surface area (Å²) in [5, 5.41) is 29.2. The van der Waals surface area contributed by atoms with E-state index in [9.17, 15) is 14.7 Å². The molecular formula is C10H20N2O5. The Morgan fingerprint density at radius 1 is 1.41 bits per heavy atom. The summed E-state index contributed by atoms with van der Waals surface area (Å²) in [7, 11) is 0. The van der Waals surface area contributed by atoms with Gasteiger partial charge in [0.05, 0.1) is 18.8 Å². The average molecular weight is 248 g/mol. The van der Waals surface area contributed by atoms with Crippen LogP contribution in [-0.4, -0.2) is 63.6 Å². The minimum atomic E-state index is -1.33. The Balaban J connectivity index is 4.50. The quantitative estimate of drug-likeness (QED) is 0.493. The zero-order chi connectivity index (χ0) is 13.6. The Kier molecular flexibility index (Phi) is 5.90. The van der Waals surface area contributed by atoms with Gasteiger partial charge in [-0.2, -0.15) is 0 Å². The minimum Gasteiger partial charge on any atom is -0.480 e. The van der Waals surface area contributed by atoms with Gasteiger partial charge >= 0.3 is 12.0 Å². The van der Waals surface area contributed by atoms with Crippen LogP contribution in [-0.2, 0) is 4.79 Å². The highest BCUT2D eigenvalue weighted by Gasteiger charge is 2.25. The first kappa shape index (κ1) is 15.7. The standard InChI is InChI=1S/C10H20N2O5/c1-4-12(6-10(2,3)17)9(16)11-7(5-13)8(14)15/h7,13,17H,4-6H2,1-3H3,(H,11,16)(H,14,15). The molecule has 0 aliphatic carbocycles. The van der Waals surface area contributed by atoms with E-state index in [1.165, 1.54) is 4.90 Å². The fourth-order valence-corrected chi connectivity index (χ4v) is 1.22. The fourth-order valence-electron chi connectivity index (χ4n) is 1.22. The molecule has 0 heterocycles. The molecule has 2 amide bonds. The number of carbonyl (C=O) groups excluding carboxylic acids is 1. The van der Waals surface area contributed by atoms with Crippen molar-refractivity contribution in [1.82, 2.24) is 10.2 Å². The third kappa shape index (κ3) is 6.08. The molecular weight excluding hydrogens is 228 g/mol. The molecule has 1 atom stereocenters. The molecule has 4 N–H and O–H groups in total. The molecule has 0 saturated heterocycles. The summed E-state index contributed by atoms with van der Waals surface area (Å²) < 4.78 is 0. The zero-order valence-electron chi connectivity index (χ0n) is 10.3. The van der Waals surface area contributed by atoms with Gasteiger partial charge in [-0.1, -0.05) is 0 Å². The lowest BCUT2D eigenvalue weighted by atomic mass is 10.1. The molecule has 0 aliphatic heterocycles. The van der Waals surface area contributed by atoms with Gasteiger partial charge in [0.25, 0.3) is 0 Å². The van der Waals surface area contributed by atoms with Crippen LogP contribution in [0.5, 0.6) is 0 Å². The van der Waals surface area contributed by atoms with Crippen molar-refractivity contribution >= 4 is 12.0 Å². The van der Waals surface area contributed by atoms with Crippen molar-refractivity contribution in [2.45, 2.75) is 32.4 Å². The van der Waals surface area contributed by atoms with Crippen molar-refractivity contribution < 1.29 is 24.9 Å². The number of carboxylic acids is 1. The molecule has 0 aromatic heterocycles. The number of nitrogens with zero attached hydrogens (tertiary/aromatic N) is 1. The molecule has 0 bridgehead atoms. The normalized spacial score (nSPS) is 13.0. The Morgan fingerprint density at radius 3 is 2.24 bits per heavy atom. The first-order valence-corrected chi connectivity index (χ1v) is 5.32. The van der Waals surface area contributed by atoms with Crippen molar-refractivity contribution in [2.24, 2.45) is 0 Å². The van der Waals surface area contributed by atoms with E-state index in [4.69, 9.17) is 10.2 Å². The number of amides is 2. The highest BCUT2D eigenvalue weighted by atomic mass is 16.4. The summed E-state index contributed by atoms with van der Waals surface area (Å²) in [5.41, 5.74) is -1.06. The van der Waals surface area contributed by atoms with E-state index >= 15 is 0 Å². The Morgan fingerprint density at radius 2 is 1.94 bits per heavy atom. The second kappa shape index (κ2) is 6.41. The molecule has 7 heteroatoms. The van der Waals surface area contributed by atoms with E-state index < -0.39 is 30.3 Å². The van der Waals surface area contributed by atoms with E-state index in [0.717, 1.165) is 0 Å². The molecule has 0 aromatic carbocycles. The smallest absolute Gasteiger partial charge is 0.328 e. The van der Waals surface area contributed by atoms with Crippen molar-refractivity contribution in [3.63, 3.8) is 0 Å². The van der Waals surface area contributed by atoms with Crippen molar-refractivity contribution in [3.8, 4) is 0 Å². The van der Waals surface area contributed by atoms with Gasteiger partial charge < -0.3 is 25.5 Å². The number of aliphatic hydroxyl groups excluding tert-OH is 1. The number of likely N-dealkylation sites (N-methyl/N-ethyl adjacent to an activating group) is 1. The highest BCUT2D eigenvalue weighted by Crippen LogP contribution is 2.05. The Hall–Kier alpha value is -1.34. The molecule has 1 unspecified atom stereocenters. The van der Waals surface area contributed by atoms with Crippen molar-refractivity contribution in [2.75, 3.05) is 19.7 Å². The Bertz CT molecular complexity index is 274. The van der Waals surface area contributed by atoms with Gasteiger partial charge in [0.2, 0.25) is 0 Å². The number of hydrogen-bond acceptors (Lipinski definition) is 4. The van der Waals surface area contributed by atoms with Crippen molar-refractivity contribution in [1.29, 1.82) is 0 Å². The van der Waals surface area contributed by atoms with E-state index in [1.807, 2.05) is 0 Å².